The van der Waals surface area contributed by atoms with Crippen molar-refractivity contribution in [2.75, 3.05) is 0 Å². The summed E-state index contributed by atoms with van der Waals surface area (Å²) in [7, 11) is 0. The topological polar surface area (TPSA) is 25.8 Å². The fourth-order valence-corrected chi connectivity index (χ4v) is 1.48. The SMILES string of the molecule is Clc1cccc(-c2cc(Cl)ncn2)c1. The highest BCUT2D eigenvalue weighted by molar-refractivity contribution is 6.31. The lowest BCUT2D eigenvalue weighted by molar-refractivity contribution is 1.17. The van der Waals surface area contributed by atoms with Crippen LogP contribution in [-0.2, 0) is 0 Å². The number of hydrogen-bond donors (Lipinski definition) is 0. The maximum atomic E-state index is 5.86. The van der Waals surface area contributed by atoms with E-state index in [1.807, 2.05) is 24.3 Å². The molecule has 14 heavy (non-hydrogen) atoms. The van der Waals surface area contributed by atoms with Crippen LogP contribution in [0.1, 0.15) is 0 Å². The van der Waals surface area contributed by atoms with Crippen LogP contribution in [-0.4, -0.2) is 9.97 Å². The van der Waals surface area contributed by atoms with Gasteiger partial charge in [0.25, 0.3) is 0 Å². The first-order chi connectivity index (χ1) is 6.75. The van der Waals surface area contributed by atoms with Crippen LogP contribution in [0.3, 0.4) is 0 Å². The first-order valence-electron chi connectivity index (χ1n) is 3.99. The van der Waals surface area contributed by atoms with Gasteiger partial charge in [-0.05, 0) is 12.1 Å². The van der Waals surface area contributed by atoms with Gasteiger partial charge in [-0.3, -0.25) is 0 Å². The van der Waals surface area contributed by atoms with Crippen molar-refractivity contribution in [1.29, 1.82) is 0 Å². The van der Waals surface area contributed by atoms with Crippen molar-refractivity contribution in [2.24, 2.45) is 0 Å². The molecule has 0 saturated carbocycles. The summed E-state index contributed by atoms with van der Waals surface area (Å²) in [6.07, 6.45) is 1.43. The van der Waals surface area contributed by atoms with Gasteiger partial charge < -0.3 is 0 Å². The van der Waals surface area contributed by atoms with Crippen LogP contribution in [0.15, 0.2) is 36.7 Å². The Balaban J connectivity index is 2.49. The van der Waals surface area contributed by atoms with Crippen LogP contribution in [0.25, 0.3) is 11.3 Å². The van der Waals surface area contributed by atoms with E-state index < -0.39 is 0 Å². The summed E-state index contributed by atoms with van der Waals surface area (Å²) in [6, 6.07) is 9.14. The third-order valence-corrected chi connectivity index (χ3v) is 2.20. The molecule has 70 valence electrons. The van der Waals surface area contributed by atoms with Gasteiger partial charge in [0, 0.05) is 16.7 Å². The molecule has 2 nitrogen and oxygen atoms in total. The van der Waals surface area contributed by atoms with Gasteiger partial charge in [-0.1, -0.05) is 35.3 Å². The summed E-state index contributed by atoms with van der Waals surface area (Å²) in [5, 5.41) is 1.10. The van der Waals surface area contributed by atoms with E-state index in [1.54, 1.807) is 6.07 Å². The maximum Gasteiger partial charge on any atom is 0.133 e. The van der Waals surface area contributed by atoms with E-state index in [0.717, 1.165) is 11.3 Å². The molecule has 0 aliphatic heterocycles. The summed E-state index contributed by atoms with van der Waals surface area (Å²) in [5.41, 5.74) is 1.70. The lowest BCUT2D eigenvalue weighted by Crippen LogP contribution is -1.84. The standard InChI is InChI=1S/C10H6Cl2N2/c11-8-3-1-2-7(4-8)9-5-10(12)14-6-13-9/h1-6H. The molecule has 1 aromatic heterocycles. The number of benzene rings is 1. The molecule has 1 aromatic carbocycles. The molecule has 0 spiro atoms. The quantitative estimate of drug-likeness (QED) is 0.694. The predicted octanol–water partition coefficient (Wildman–Crippen LogP) is 3.45. The lowest BCUT2D eigenvalue weighted by atomic mass is 10.1. The lowest BCUT2D eigenvalue weighted by Gasteiger charge is -2.00. The van der Waals surface area contributed by atoms with Gasteiger partial charge in [0.05, 0.1) is 5.69 Å². The molecular weight excluding hydrogens is 219 g/mol. The Kier molecular flexibility index (Phi) is 2.66. The van der Waals surface area contributed by atoms with Crippen molar-refractivity contribution in [3.05, 3.63) is 46.8 Å². The summed E-state index contributed by atoms with van der Waals surface area (Å²) in [6.45, 7) is 0. The Morgan fingerprint density at radius 3 is 2.57 bits per heavy atom. The van der Waals surface area contributed by atoms with Crippen molar-refractivity contribution in [1.82, 2.24) is 9.97 Å². The highest BCUT2D eigenvalue weighted by Crippen LogP contribution is 2.21. The van der Waals surface area contributed by atoms with E-state index in [1.165, 1.54) is 6.33 Å². The molecule has 0 saturated heterocycles. The van der Waals surface area contributed by atoms with Gasteiger partial charge in [0.15, 0.2) is 0 Å². The molecule has 0 unspecified atom stereocenters. The summed E-state index contributed by atoms with van der Waals surface area (Å²) < 4.78 is 0. The Bertz CT molecular complexity index is 414. The zero-order chi connectivity index (χ0) is 9.97. The Hall–Kier alpha value is -1.12. The van der Waals surface area contributed by atoms with Crippen molar-refractivity contribution >= 4 is 23.2 Å². The molecule has 0 radical (unpaired) electrons. The van der Waals surface area contributed by atoms with Crippen molar-refractivity contribution in [3.8, 4) is 11.3 Å². The van der Waals surface area contributed by atoms with Crippen LogP contribution < -0.4 is 0 Å². The molecule has 0 bridgehead atoms. The molecule has 2 aromatic rings. The van der Waals surface area contributed by atoms with E-state index >= 15 is 0 Å². The number of aromatic nitrogens is 2. The van der Waals surface area contributed by atoms with E-state index in [-0.39, 0.29) is 0 Å². The van der Waals surface area contributed by atoms with Crippen LogP contribution in [0.4, 0.5) is 0 Å². The molecule has 0 N–H and O–H groups in total. The van der Waals surface area contributed by atoms with Crippen LogP contribution in [0, 0.1) is 0 Å². The molecule has 0 atom stereocenters. The van der Waals surface area contributed by atoms with Crippen LogP contribution >= 0.6 is 23.2 Å². The van der Waals surface area contributed by atoms with Crippen LogP contribution in [0.5, 0.6) is 0 Å². The summed E-state index contributed by atoms with van der Waals surface area (Å²) in [5.74, 6) is 0. The summed E-state index contributed by atoms with van der Waals surface area (Å²) >= 11 is 11.6. The van der Waals surface area contributed by atoms with E-state index in [9.17, 15) is 0 Å². The van der Waals surface area contributed by atoms with Gasteiger partial charge in [-0.2, -0.15) is 0 Å². The Morgan fingerprint density at radius 2 is 1.86 bits per heavy atom. The van der Waals surface area contributed by atoms with Crippen molar-refractivity contribution in [3.63, 3.8) is 0 Å². The molecule has 0 fully saturated rings. The molecule has 0 aliphatic carbocycles. The van der Waals surface area contributed by atoms with Gasteiger partial charge in [-0.15, -0.1) is 0 Å². The van der Waals surface area contributed by atoms with Gasteiger partial charge in [-0.25, -0.2) is 9.97 Å². The fraction of sp³-hybridized carbons (Fsp3) is 0. The molecule has 0 amide bonds. The molecule has 4 heteroatoms. The average molecular weight is 225 g/mol. The first-order valence-corrected chi connectivity index (χ1v) is 4.75. The molecule has 0 aliphatic rings. The predicted molar refractivity (Wildman–Crippen MR) is 57.5 cm³/mol. The second kappa shape index (κ2) is 3.95. The largest absolute Gasteiger partial charge is 0.236 e. The highest BCUT2D eigenvalue weighted by atomic mass is 35.5. The smallest absolute Gasteiger partial charge is 0.133 e. The monoisotopic (exact) mass is 224 g/mol. The van der Waals surface area contributed by atoms with Crippen molar-refractivity contribution < 1.29 is 0 Å². The molecular formula is C10H6Cl2N2. The Labute approximate surface area is 91.5 Å². The number of nitrogens with zero attached hydrogens (tertiary/aromatic N) is 2. The third kappa shape index (κ3) is 2.03. The van der Waals surface area contributed by atoms with E-state index in [0.29, 0.717) is 10.2 Å². The summed E-state index contributed by atoms with van der Waals surface area (Å²) in [4.78, 5) is 7.91. The highest BCUT2D eigenvalue weighted by Gasteiger charge is 2.00. The molecule has 2 rings (SSSR count). The zero-order valence-corrected chi connectivity index (χ0v) is 8.63. The number of rotatable bonds is 1. The normalized spacial score (nSPS) is 10.1. The average Bonchev–Trinajstić information content (AvgIpc) is 2.18. The van der Waals surface area contributed by atoms with E-state index in [4.69, 9.17) is 23.2 Å². The van der Waals surface area contributed by atoms with Gasteiger partial charge >= 0.3 is 0 Å². The minimum atomic E-state index is 0.426. The van der Waals surface area contributed by atoms with E-state index in [2.05, 4.69) is 9.97 Å². The number of hydrogen-bond acceptors (Lipinski definition) is 2. The first kappa shape index (κ1) is 9.44. The second-order valence-corrected chi connectivity index (χ2v) is 3.56. The zero-order valence-electron chi connectivity index (χ0n) is 7.11. The fourth-order valence-electron chi connectivity index (χ4n) is 1.14. The molecule has 1 heterocycles. The Morgan fingerprint density at radius 1 is 1.00 bits per heavy atom. The second-order valence-electron chi connectivity index (χ2n) is 2.74. The third-order valence-electron chi connectivity index (χ3n) is 1.75. The maximum absolute atomic E-state index is 5.86. The van der Waals surface area contributed by atoms with Crippen molar-refractivity contribution in [2.45, 2.75) is 0 Å². The van der Waals surface area contributed by atoms with Crippen LogP contribution in [0.2, 0.25) is 10.2 Å². The van der Waals surface area contributed by atoms with Gasteiger partial charge in [0.2, 0.25) is 0 Å². The minimum absolute atomic E-state index is 0.426. The minimum Gasteiger partial charge on any atom is -0.236 e. The number of halogens is 2. The van der Waals surface area contributed by atoms with Gasteiger partial charge in [0.1, 0.15) is 11.5 Å².